The van der Waals surface area contributed by atoms with Crippen LogP contribution in [0.15, 0.2) is 24.5 Å². The van der Waals surface area contributed by atoms with Gasteiger partial charge >= 0.3 is 0 Å². The van der Waals surface area contributed by atoms with Gasteiger partial charge in [0.15, 0.2) is 0 Å². The van der Waals surface area contributed by atoms with Gasteiger partial charge in [-0.2, -0.15) is 0 Å². The van der Waals surface area contributed by atoms with E-state index in [4.69, 9.17) is 6.42 Å². The maximum atomic E-state index is 5.20. The molecule has 0 N–H and O–H groups in total. The van der Waals surface area contributed by atoms with Crippen molar-refractivity contribution in [1.29, 1.82) is 0 Å². The number of nitrogens with zero attached hydrogens (tertiary/aromatic N) is 2. The zero-order chi connectivity index (χ0) is 8.39. The first-order valence-corrected chi connectivity index (χ1v) is 3.48. The molecule has 12 heavy (non-hydrogen) atoms. The second-order valence-corrected chi connectivity index (χ2v) is 2.34. The molecule has 2 heterocycles. The molecule has 0 aliphatic carbocycles. The molecule has 0 unspecified atom stereocenters. The third-order valence-corrected chi connectivity index (χ3v) is 1.58. The number of hydrogen-bond donors (Lipinski definition) is 0. The van der Waals surface area contributed by atoms with E-state index in [1.54, 1.807) is 12.4 Å². The van der Waals surface area contributed by atoms with E-state index in [-0.39, 0.29) is 0 Å². The molecule has 1 radical (unpaired) electrons. The van der Waals surface area contributed by atoms with Crippen molar-refractivity contribution in [2.45, 2.75) is 0 Å². The zero-order valence-electron chi connectivity index (χ0n) is 6.28. The lowest BCUT2D eigenvalue weighted by Crippen LogP contribution is -1.83. The highest BCUT2D eigenvalue weighted by Crippen LogP contribution is 2.09. The lowest BCUT2D eigenvalue weighted by Gasteiger charge is -1.94. The van der Waals surface area contributed by atoms with Gasteiger partial charge in [-0.25, -0.2) is 4.98 Å². The summed E-state index contributed by atoms with van der Waals surface area (Å²) in [4.78, 5) is 8.08. The van der Waals surface area contributed by atoms with Crippen LogP contribution in [0.1, 0.15) is 5.69 Å². The first-order valence-electron chi connectivity index (χ1n) is 3.48. The Labute approximate surface area is 70.3 Å². The molecule has 0 aromatic carbocycles. The van der Waals surface area contributed by atoms with Crippen LogP contribution in [0.2, 0.25) is 0 Å². The summed E-state index contributed by atoms with van der Waals surface area (Å²) in [5.74, 6) is 2.47. The molecule has 0 saturated heterocycles. The van der Waals surface area contributed by atoms with E-state index in [1.165, 1.54) is 0 Å². The fourth-order valence-electron chi connectivity index (χ4n) is 1.000. The van der Waals surface area contributed by atoms with Crippen LogP contribution in [0.5, 0.6) is 0 Å². The number of rotatable bonds is 0. The summed E-state index contributed by atoms with van der Waals surface area (Å²) in [5.41, 5.74) is 1.47. The topological polar surface area (TPSA) is 25.8 Å². The Kier molecular flexibility index (Phi) is 1.49. The van der Waals surface area contributed by atoms with Crippen molar-refractivity contribution >= 4 is 10.9 Å². The minimum Gasteiger partial charge on any atom is -0.254 e. The van der Waals surface area contributed by atoms with Crippen LogP contribution in [0.3, 0.4) is 0 Å². The number of fused-ring (bicyclic) bond motifs is 1. The van der Waals surface area contributed by atoms with Crippen molar-refractivity contribution in [2.75, 3.05) is 0 Å². The molecule has 0 saturated carbocycles. The zero-order valence-corrected chi connectivity index (χ0v) is 6.28. The second kappa shape index (κ2) is 2.63. The van der Waals surface area contributed by atoms with Crippen molar-refractivity contribution in [3.63, 3.8) is 0 Å². The molecule has 0 spiro atoms. The van der Waals surface area contributed by atoms with Crippen molar-refractivity contribution < 1.29 is 0 Å². The molecule has 0 bridgehead atoms. The Balaban J connectivity index is 2.78. The summed E-state index contributed by atoms with van der Waals surface area (Å²) in [7, 11) is 0. The Morgan fingerprint density at radius 1 is 1.42 bits per heavy atom. The molecule has 0 aliphatic rings. The molecule has 2 aromatic heterocycles. The lowest BCUT2D eigenvalue weighted by molar-refractivity contribution is 1.28. The summed E-state index contributed by atoms with van der Waals surface area (Å²) in [5, 5.41) is 0.973. The van der Waals surface area contributed by atoms with Crippen molar-refractivity contribution in [3.8, 4) is 12.3 Å². The van der Waals surface area contributed by atoms with Crippen LogP contribution in [0.25, 0.3) is 10.9 Å². The summed E-state index contributed by atoms with van der Waals surface area (Å²) in [6, 6.07) is 6.54. The number of pyridine rings is 2. The van der Waals surface area contributed by atoms with Gasteiger partial charge in [0.05, 0.1) is 11.7 Å². The maximum Gasteiger partial charge on any atom is 0.113 e. The molecule has 0 atom stereocenters. The molecule has 55 valence electrons. The summed E-state index contributed by atoms with van der Waals surface area (Å²) in [6.45, 7) is 0. The number of terminal acetylenes is 1. The van der Waals surface area contributed by atoms with Gasteiger partial charge in [-0.05, 0) is 12.1 Å². The van der Waals surface area contributed by atoms with Gasteiger partial charge in [0.25, 0.3) is 0 Å². The lowest BCUT2D eigenvalue weighted by atomic mass is 10.2. The van der Waals surface area contributed by atoms with Gasteiger partial charge in [-0.3, -0.25) is 4.98 Å². The first kappa shape index (κ1) is 6.81. The Morgan fingerprint density at radius 3 is 3.17 bits per heavy atom. The van der Waals surface area contributed by atoms with Crippen LogP contribution >= 0.6 is 0 Å². The minimum absolute atomic E-state index is 0.629. The fraction of sp³-hybridized carbons (Fsp3) is 0. The highest BCUT2D eigenvalue weighted by Gasteiger charge is 1.94. The van der Waals surface area contributed by atoms with E-state index in [2.05, 4.69) is 22.0 Å². The van der Waals surface area contributed by atoms with Crippen molar-refractivity contribution in [2.24, 2.45) is 0 Å². The minimum atomic E-state index is 0.629. The third-order valence-electron chi connectivity index (χ3n) is 1.58. The Bertz CT molecular complexity index is 455. The van der Waals surface area contributed by atoms with Gasteiger partial charge in [0.1, 0.15) is 5.69 Å². The van der Waals surface area contributed by atoms with Crippen LogP contribution in [-0.4, -0.2) is 9.97 Å². The quantitative estimate of drug-likeness (QED) is 0.535. The predicted octanol–water partition coefficient (Wildman–Crippen LogP) is 1.41. The monoisotopic (exact) mass is 153 g/mol. The van der Waals surface area contributed by atoms with Crippen molar-refractivity contribution in [3.05, 3.63) is 36.3 Å². The van der Waals surface area contributed by atoms with Gasteiger partial charge in [-0.1, -0.05) is 5.92 Å². The molecule has 0 aliphatic heterocycles. The van der Waals surface area contributed by atoms with E-state index in [0.29, 0.717) is 5.69 Å². The molecule has 2 aromatic rings. The second-order valence-electron chi connectivity index (χ2n) is 2.34. The fourth-order valence-corrected chi connectivity index (χ4v) is 1.000. The number of aromatic nitrogens is 2. The average molecular weight is 153 g/mol. The Hall–Kier alpha value is -1.88. The Morgan fingerprint density at radius 2 is 2.33 bits per heavy atom. The van der Waals surface area contributed by atoms with Crippen LogP contribution in [0.4, 0.5) is 0 Å². The smallest absolute Gasteiger partial charge is 0.113 e. The van der Waals surface area contributed by atoms with Crippen molar-refractivity contribution in [1.82, 2.24) is 9.97 Å². The maximum absolute atomic E-state index is 5.20. The van der Waals surface area contributed by atoms with Crippen LogP contribution < -0.4 is 0 Å². The molecule has 0 amide bonds. The average Bonchev–Trinajstić information content (AvgIpc) is 2.17. The van der Waals surface area contributed by atoms with E-state index in [1.807, 2.05) is 12.1 Å². The normalized spacial score (nSPS) is 9.58. The highest BCUT2D eigenvalue weighted by molar-refractivity contribution is 5.78. The third kappa shape index (κ3) is 1.02. The molecular formula is C10H5N2. The predicted molar refractivity (Wildman–Crippen MR) is 46.3 cm³/mol. The summed E-state index contributed by atoms with van der Waals surface area (Å²) >= 11 is 0. The highest BCUT2D eigenvalue weighted by atomic mass is 14.7. The van der Waals surface area contributed by atoms with E-state index in [0.717, 1.165) is 10.9 Å². The van der Waals surface area contributed by atoms with Gasteiger partial charge in [0.2, 0.25) is 0 Å². The van der Waals surface area contributed by atoms with E-state index in [9.17, 15) is 0 Å². The SMILES string of the molecule is C#Cc1cc2c[c]cnc2cn1. The number of hydrogen-bond acceptors (Lipinski definition) is 2. The molecular weight excluding hydrogens is 148 g/mol. The van der Waals surface area contributed by atoms with Gasteiger partial charge in [0, 0.05) is 17.6 Å². The van der Waals surface area contributed by atoms with Gasteiger partial charge < -0.3 is 0 Å². The van der Waals surface area contributed by atoms with E-state index >= 15 is 0 Å². The van der Waals surface area contributed by atoms with E-state index < -0.39 is 0 Å². The largest absolute Gasteiger partial charge is 0.254 e. The molecule has 2 nitrogen and oxygen atoms in total. The first-order chi connectivity index (χ1) is 5.90. The van der Waals surface area contributed by atoms with Crippen LogP contribution in [0, 0.1) is 18.4 Å². The molecule has 2 heteroatoms. The summed E-state index contributed by atoms with van der Waals surface area (Å²) in [6.07, 6.45) is 8.47. The van der Waals surface area contributed by atoms with Crippen LogP contribution in [-0.2, 0) is 0 Å². The molecule has 0 fully saturated rings. The summed E-state index contributed by atoms with van der Waals surface area (Å²) < 4.78 is 0. The van der Waals surface area contributed by atoms with Gasteiger partial charge in [-0.15, -0.1) is 6.42 Å². The standard InChI is InChI=1S/C10H5N2/c1-2-9-6-8-4-3-5-11-10(8)7-12-9/h1,4-7H. The molecule has 2 rings (SSSR count).